The molecule has 0 aliphatic heterocycles. The van der Waals surface area contributed by atoms with Gasteiger partial charge in [0.15, 0.2) is 6.61 Å². The van der Waals surface area contributed by atoms with Crippen LogP contribution in [0.3, 0.4) is 0 Å². The molecule has 0 bridgehead atoms. The van der Waals surface area contributed by atoms with E-state index in [0.29, 0.717) is 17.9 Å². The van der Waals surface area contributed by atoms with Gasteiger partial charge in [-0.15, -0.1) is 0 Å². The van der Waals surface area contributed by atoms with Gasteiger partial charge in [0.2, 0.25) is 0 Å². The lowest BCUT2D eigenvalue weighted by Gasteiger charge is -2.08. The molecule has 2 amide bonds. The van der Waals surface area contributed by atoms with Crippen molar-refractivity contribution in [1.29, 1.82) is 0 Å². The fraction of sp³-hybridized carbons (Fsp3) is 0.160. The predicted molar refractivity (Wildman–Crippen MR) is 122 cm³/mol. The molecule has 0 saturated carbocycles. The Morgan fingerprint density at radius 2 is 1.66 bits per heavy atom. The highest BCUT2D eigenvalue weighted by molar-refractivity contribution is 5.97. The summed E-state index contributed by atoms with van der Waals surface area (Å²) in [6.45, 7) is 1.98. The van der Waals surface area contributed by atoms with Gasteiger partial charge in [-0.25, -0.2) is 4.79 Å². The van der Waals surface area contributed by atoms with Crippen LogP contribution in [0.5, 0.6) is 5.75 Å². The number of fused-ring (bicyclic) bond motifs is 1. The van der Waals surface area contributed by atoms with E-state index < -0.39 is 17.8 Å². The summed E-state index contributed by atoms with van der Waals surface area (Å²) in [4.78, 5) is 35.7. The van der Waals surface area contributed by atoms with Gasteiger partial charge in [-0.2, -0.15) is 0 Å². The predicted octanol–water partition coefficient (Wildman–Crippen LogP) is 3.65. The number of carbonyl (C=O) groups is 3. The molecule has 164 valence electrons. The zero-order chi connectivity index (χ0) is 22.8. The SMILES string of the molecule is CCCOC(=O)c1ccc(OCC(=O)NNC(=O)/C=C/c2cccc3ccccc23)cc1. The zero-order valence-electron chi connectivity index (χ0n) is 17.7. The maximum Gasteiger partial charge on any atom is 0.338 e. The van der Waals surface area contributed by atoms with E-state index in [-0.39, 0.29) is 6.61 Å². The second-order valence-corrected chi connectivity index (χ2v) is 6.89. The lowest BCUT2D eigenvalue weighted by Crippen LogP contribution is -2.43. The Morgan fingerprint density at radius 3 is 2.44 bits per heavy atom. The molecule has 2 N–H and O–H groups in total. The first-order chi connectivity index (χ1) is 15.6. The molecule has 0 atom stereocenters. The number of rotatable bonds is 8. The van der Waals surface area contributed by atoms with Crippen molar-refractivity contribution in [1.82, 2.24) is 10.9 Å². The number of ether oxygens (including phenoxy) is 2. The minimum absolute atomic E-state index is 0.299. The summed E-state index contributed by atoms with van der Waals surface area (Å²) >= 11 is 0. The number of amides is 2. The summed E-state index contributed by atoms with van der Waals surface area (Å²) < 4.78 is 10.4. The van der Waals surface area contributed by atoms with Crippen LogP contribution in [0, 0.1) is 0 Å². The van der Waals surface area contributed by atoms with Gasteiger partial charge >= 0.3 is 5.97 Å². The molecule has 0 unspecified atom stereocenters. The highest BCUT2D eigenvalue weighted by atomic mass is 16.5. The Morgan fingerprint density at radius 1 is 0.906 bits per heavy atom. The van der Waals surface area contributed by atoms with Crippen molar-refractivity contribution in [3.8, 4) is 5.75 Å². The maximum atomic E-state index is 12.0. The molecular formula is C25H24N2O5. The zero-order valence-corrected chi connectivity index (χ0v) is 17.7. The average molecular weight is 432 g/mol. The van der Waals surface area contributed by atoms with E-state index in [0.717, 1.165) is 22.8 Å². The van der Waals surface area contributed by atoms with E-state index in [4.69, 9.17) is 9.47 Å². The summed E-state index contributed by atoms with van der Waals surface area (Å²) in [5.74, 6) is -0.991. The van der Waals surface area contributed by atoms with Crippen molar-refractivity contribution in [3.05, 3.63) is 83.9 Å². The van der Waals surface area contributed by atoms with Crippen molar-refractivity contribution in [2.75, 3.05) is 13.2 Å². The molecule has 0 fully saturated rings. The smallest absolute Gasteiger partial charge is 0.338 e. The molecule has 0 radical (unpaired) electrons. The molecule has 3 rings (SSSR count). The van der Waals surface area contributed by atoms with Crippen LogP contribution in [-0.4, -0.2) is 31.0 Å². The Labute approximate surface area is 186 Å². The Hall–Kier alpha value is -4.13. The molecule has 0 aliphatic rings. The number of hydrogen-bond acceptors (Lipinski definition) is 5. The van der Waals surface area contributed by atoms with E-state index >= 15 is 0 Å². The van der Waals surface area contributed by atoms with Gasteiger partial charge in [0.1, 0.15) is 5.75 Å². The molecule has 0 heterocycles. The van der Waals surface area contributed by atoms with E-state index in [1.807, 2.05) is 49.4 Å². The number of nitrogens with one attached hydrogen (secondary N) is 2. The van der Waals surface area contributed by atoms with Crippen molar-refractivity contribution >= 4 is 34.6 Å². The molecule has 3 aromatic rings. The first-order valence-electron chi connectivity index (χ1n) is 10.2. The quantitative estimate of drug-likeness (QED) is 0.322. The van der Waals surface area contributed by atoms with Gasteiger partial charge < -0.3 is 9.47 Å². The molecule has 32 heavy (non-hydrogen) atoms. The minimum atomic E-state index is -0.525. The molecular weight excluding hydrogens is 408 g/mol. The van der Waals surface area contributed by atoms with E-state index in [2.05, 4.69) is 10.9 Å². The summed E-state index contributed by atoms with van der Waals surface area (Å²) in [6, 6.07) is 20.0. The lowest BCUT2D eigenvalue weighted by molar-refractivity contribution is -0.128. The summed E-state index contributed by atoms with van der Waals surface area (Å²) in [5.41, 5.74) is 5.91. The largest absolute Gasteiger partial charge is 0.484 e. The molecule has 0 saturated heterocycles. The second kappa shape index (κ2) is 11.3. The number of hydrazine groups is 1. The fourth-order valence-corrected chi connectivity index (χ4v) is 2.88. The van der Waals surface area contributed by atoms with Crippen LogP contribution in [0.25, 0.3) is 16.8 Å². The molecule has 0 aromatic heterocycles. The van der Waals surface area contributed by atoms with Crippen LogP contribution in [0.4, 0.5) is 0 Å². The summed E-state index contributed by atoms with van der Waals surface area (Å²) in [6.07, 6.45) is 3.78. The standard InChI is InChI=1S/C25H24N2O5/c1-2-16-31-25(30)20-10-13-21(14-11-20)32-17-24(29)27-26-23(28)15-12-19-8-5-7-18-6-3-4-9-22(18)19/h3-15H,2,16-17H2,1H3,(H,26,28)(H,27,29)/b15-12+. The average Bonchev–Trinajstić information content (AvgIpc) is 2.83. The Kier molecular flexibility index (Phi) is 7.97. The van der Waals surface area contributed by atoms with E-state index in [1.54, 1.807) is 30.3 Å². The third-order valence-corrected chi connectivity index (χ3v) is 4.46. The Balaban J connectivity index is 1.44. The van der Waals surface area contributed by atoms with Gasteiger partial charge in [0.25, 0.3) is 11.8 Å². The highest BCUT2D eigenvalue weighted by Gasteiger charge is 2.08. The number of hydrogen-bond donors (Lipinski definition) is 2. The number of carbonyl (C=O) groups excluding carboxylic acids is 3. The molecule has 3 aromatic carbocycles. The highest BCUT2D eigenvalue weighted by Crippen LogP contribution is 2.19. The number of benzene rings is 3. The molecule has 0 spiro atoms. The van der Waals surface area contributed by atoms with Crippen molar-refractivity contribution in [2.24, 2.45) is 0 Å². The van der Waals surface area contributed by atoms with Gasteiger partial charge in [0.05, 0.1) is 12.2 Å². The van der Waals surface area contributed by atoms with Gasteiger partial charge in [0, 0.05) is 6.08 Å². The first-order valence-corrected chi connectivity index (χ1v) is 10.2. The van der Waals surface area contributed by atoms with Crippen LogP contribution < -0.4 is 15.6 Å². The topological polar surface area (TPSA) is 93.7 Å². The molecule has 7 nitrogen and oxygen atoms in total. The molecule has 0 aliphatic carbocycles. The third-order valence-electron chi connectivity index (χ3n) is 4.46. The van der Waals surface area contributed by atoms with Gasteiger partial charge in [-0.1, -0.05) is 49.4 Å². The lowest BCUT2D eigenvalue weighted by atomic mass is 10.0. The van der Waals surface area contributed by atoms with Gasteiger partial charge in [-0.3, -0.25) is 20.4 Å². The molecule has 7 heteroatoms. The normalized spacial score (nSPS) is 10.7. The summed E-state index contributed by atoms with van der Waals surface area (Å²) in [5, 5.41) is 2.10. The maximum absolute atomic E-state index is 12.0. The Bertz CT molecular complexity index is 1120. The van der Waals surface area contributed by atoms with Crippen LogP contribution >= 0.6 is 0 Å². The monoisotopic (exact) mass is 432 g/mol. The van der Waals surface area contributed by atoms with E-state index in [1.165, 1.54) is 6.08 Å². The van der Waals surface area contributed by atoms with Crippen LogP contribution in [0.15, 0.2) is 72.8 Å². The van der Waals surface area contributed by atoms with Crippen molar-refractivity contribution in [3.63, 3.8) is 0 Å². The van der Waals surface area contributed by atoms with Crippen LogP contribution in [0.1, 0.15) is 29.3 Å². The third kappa shape index (κ3) is 6.43. The first kappa shape index (κ1) is 22.6. The van der Waals surface area contributed by atoms with E-state index in [9.17, 15) is 14.4 Å². The van der Waals surface area contributed by atoms with Crippen LogP contribution in [0.2, 0.25) is 0 Å². The fourth-order valence-electron chi connectivity index (χ4n) is 2.88. The number of esters is 1. The summed E-state index contributed by atoms with van der Waals surface area (Å²) in [7, 11) is 0. The van der Waals surface area contributed by atoms with Crippen molar-refractivity contribution < 1.29 is 23.9 Å². The van der Waals surface area contributed by atoms with Gasteiger partial charge in [-0.05, 0) is 53.1 Å². The van der Waals surface area contributed by atoms with Crippen molar-refractivity contribution in [2.45, 2.75) is 13.3 Å². The second-order valence-electron chi connectivity index (χ2n) is 6.89. The van der Waals surface area contributed by atoms with Crippen LogP contribution in [-0.2, 0) is 14.3 Å². The minimum Gasteiger partial charge on any atom is -0.484 e.